The number of rotatable bonds is 1. The molecule has 0 bridgehead atoms. The topological polar surface area (TPSA) is 22.1 Å². The second kappa shape index (κ2) is 3.29. The molecule has 1 aromatic heterocycles. The van der Waals surface area contributed by atoms with E-state index in [0.717, 1.165) is 6.20 Å². The molecular formula is C6H4F2INO. The molecule has 11 heavy (non-hydrogen) atoms. The molecule has 2 nitrogen and oxygen atoms in total. The maximum Gasteiger partial charge on any atom is 0.204 e. The fourth-order valence-electron chi connectivity index (χ4n) is 0.570. The molecule has 0 spiro atoms. The minimum Gasteiger partial charge on any atom is -0.492 e. The van der Waals surface area contributed by atoms with Crippen molar-refractivity contribution in [2.45, 2.75) is 0 Å². The molecule has 1 rings (SSSR count). The molecule has 0 N–H and O–H groups in total. The van der Waals surface area contributed by atoms with E-state index in [-0.39, 0.29) is 9.45 Å². The highest BCUT2D eigenvalue weighted by atomic mass is 127. The van der Waals surface area contributed by atoms with Gasteiger partial charge in [0, 0.05) is 0 Å². The summed E-state index contributed by atoms with van der Waals surface area (Å²) in [5, 5.41) is 0. The van der Waals surface area contributed by atoms with Crippen LogP contribution in [-0.4, -0.2) is 12.1 Å². The smallest absolute Gasteiger partial charge is 0.204 e. The van der Waals surface area contributed by atoms with Crippen molar-refractivity contribution in [3.63, 3.8) is 0 Å². The van der Waals surface area contributed by atoms with Crippen molar-refractivity contribution in [3.05, 3.63) is 21.5 Å². The zero-order valence-electron chi connectivity index (χ0n) is 5.57. The first-order valence-electron chi connectivity index (χ1n) is 2.70. The van der Waals surface area contributed by atoms with Crippen LogP contribution in [-0.2, 0) is 0 Å². The summed E-state index contributed by atoms with van der Waals surface area (Å²) in [7, 11) is 1.26. The highest BCUT2D eigenvalue weighted by molar-refractivity contribution is 14.1. The molecule has 5 heteroatoms. The maximum atomic E-state index is 12.7. The standard InChI is InChI=1S/C6H4F2INO/c1-11-3-2-10-6(9)5(8)4(3)7/h2H,1H3. The highest BCUT2D eigenvalue weighted by Crippen LogP contribution is 2.20. The summed E-state index contributed by atoms with van der Waals surface area (Å²) < 4.78 is 29.9. The number of halogens is 3. The van der Waals surface area contributed by atoms with Gasteiger partial charge in [-0.2, -0.15) is 4.39 Å². The third-order valence-corrected chi connectivity index (χ3v) is 1.86. The molecule has 0 aliphatic rings. The number of hydrogen-bond donors (Lipinski definition) is 0. The van der Waals surface area contributed by atoms with Crippen LogP contribution in [0.3, 0.4) is 0 Å². The number of pyridine rings is 1. The van der Waals surface area contributed by atoms with E-state index in [4.69, 9.17) is 0 Å². The zero-order chi connectivity index (χ0) is 8.43. The van der Waals surface area contributed by atoms with Crippen molar-refractivity contribution in [2.75, 3.05) is 7.11 Å². The van der Waals surface area contributed by atoms with Gasteiger partial charge in [0.05, 0.1) is 13.3 Å². The van der Waals surface area contributed by atoms with Crippen molar-refractivity contribution in [1.29, 1.82) is 0 Å². The van der Waals surface area contributed by atoms with Gasteiger partial charge < -0.3 is 4.74 Å². The molecule has 0 aromatic carbocycles. The molecule has 0 saturated heterocycles. The second-order valence-electron chi connectivity index (χ2n) is 1.75. The summed E-state index contributed by atoms with van der Waals surface area (Å²) in [6, 6.07) is 0. The lowest BCUT2D eigenvalue weighted by Gasteiger charge is -2.01. The Kier molecular flexibility index (Phi) is 2.58. The molecule has 0 amide bonds. The summed E-state index contributed by atoms with van der Waals surface area (Å²) in [4.78, 5) is 3.56. The number of ether oxygens (including phenoxy) is 1. The van der Waals surface area contributed by atoms with Crippen molar-refractivity contribution >= 4 is 22.6 Å². The predicted octanol–water partition coefficient (Wildman–Crippen LogP) is 1.97. The predicted molar refractivity (Wildman–Crippen MR) is 43.4 cm³/mol. The fourth-order valence-corrected chi connectivity index (χ4v) is 0.946. The van der Waals surface area contributed by atoms with E-state index >= 15 is 0 Å². The van der Waals surface area contributed by atoms with Crippen molar-refractivity contribution in [2.24, 2.45) is 0 Å². The molecule has 60 valence electrons. The molecule has 0 radical (unpaired) electrons. The molecular weight excluding hydrogens is 267 g/mol. The van der Waals surface area contributed by atoms with Crippen LogP contribution in [0.25, 0.3) is 0 Å². The van der Waals surface area contributed by atoms with E-state index in [2.05, 4.69) is 9.72 Å². The lowest BCUT2D eigenvalue weighted by Crippen LogP contribution is -1.96. The van der Waals surface area contributed by atoms with Crippen LogP contribution in [0.15, 0.2) is 6.20 Å². The SMILES string of the molecule is COc1cnc(I)c(F)c1F. The normalized spacial score (nSPS) is 9.82. The minimum atomic E-state index is -0.994. The molecule has 0 unspecified atom stereocenters. The van der Waals surface area contributed by atoms with Crippen LogP contribution >= 0.6 is 22.6 Å². The summed E-state index contributed by atoms with van der Waals surface area (Å²) in [6.07, 6.45) is 1.14. The van der Waals surface area contributed by atoms with E-state index in [0.29, 0.717) is 0 Å². The van der Waals surface area contributed by atoms with Gasteiger partial charge in [-0.1, -0.05) is 0 Å². The Labute approximate surface area is 75.7 Å². The van der Waals surface area contributed by atoms with Crippen LogP contribution in [0.4, 0.5) is 8.78 Å². The van der Waals surface area contributed by atoms with E-state index in [1.54, 1.807) is 22.6 Å². The monoisotopic (exact) mass is 271 g/mol. The van der Waals surface area contributed by atoms with Gasteiger partial charge in [-0.3, -0.25) is 0 Å². The minimum absolute atomic E-state index is 0.000833. The Morgan fingerprint density at radius 3 is 2.64 bits per heavy atom. The Bertz CT molecular complexity index is 280. The maximum absolute atomic E-state index is 12.7. The highest BCUT2D eigenvalue weighted by Gasteiger charge is 2.12. The molecule has 0 atom stereocenters. The van der Waals surface area contributed by atoms with Crippen LogP contribution in [0.1, 0.15) is 0 Å². The summed E-state index contributed by atoms with van der Waals surface area (Å²) in [5.41, 5.74) is 0. The fraction of sp³-hybridized carbons (Fsp3) is 0.167. The average molecular weight is 271 g/mol. The number of nitrogens with zero attached hydrogens (tertiary/aromatic N) is 1. The Hall–Kier alpha value is -0.460. The average Bonchev–Trinajstić information content (AvgIpc) is 2.01. The summed E-state index contributed by atoms with van der Waals surface area (Å²) >= 11 is 1.60. The lowest BCUT2D eigenvalue weighted by atomic mass is 10.4. The second-order valence-corrected chi connectivity index (χ2v) is 2.77. The number of hydrogen-bond acceptors (Lipinski definition) is 2. The number of methoxy groups -OCH3 is 1. The molecule has 0 fully saturated rings. The summed E-state index contributed by atoms with van der Waals surface area (Å²) in [6.45, 7) is 0. The van der Waals surface area contributed by atoms with Crippen LogP contribution in [0.2, 0.25) is 0 Å². The van der Waals surface area contributed by atoms with E-state index < -0.39 is 11.6 Å². The van der Waals surface area contributed by atoms with Crippen LogP contribution < -0.4 is 4.74 Å². The van der Waals surface area contributed by atoms with Gasteiger partial charge in [0.1, 0.15) is 3.70 Å². The van der Waals surface area contributed by atoms with Crippen molar-refractivity contribution in [3.8, 4) is 5.75 Å². The largest absolute Gasteiger partial charge is 0.492 e. The Morgan fingerprint density at radius 1 is 1.45 bits per heavy atom. The van der Waals surface area contributed by atoms with Gasteiger partial charge in [0.2, 0.25) is 5.82 Å². The molecule has 0 aliphatic carbocycles. The summed E-state index contributed by atoms with van der Waals surface area (Å²) in [5.74, 6) is -2.14. The van der Waals surface area contributed by atoms with Crippen LogP contribution in [0, 0.1) is 15.3 Å². The lowest BCUT2D eigenvalue weighted by molar-refractivity contribution is 0.367. The van der Waals surface area contributed by atoms with E-state index in [1.807, 2.05) is 0 Å². The molecule has 1 aromatic rings. The Morgan fingerprint density at radius 2 is 2.09 bits per heavy atom. The van der Waals surface area contributed by atoms with E-state index in [9.17, 15) is 8.78 Å². The van der Waals surface area contributed by atoms with Crippen LogP contribution in [0.5, 0.6) is 5.75 Å². The molecule has 0 aliphatic heterocycles. The first-order chi connectivity index (χ1) is 5.16. The van der Waals surface area contributed by atoms with Crippen molar-refractivity contribution < 1.29 is 13.5 Å². The van der Waals surface area contributed by atoms with Gasteiger partial charge in [-0.15, -0.1) is 0 Å². The van der Waals surface area contributed by atoms with Gasteiger partial charge in [0.15, 0.2) is 11.6 Å². The van der Waals surface area contributed by atoms with Gasteiger partial charge >= 0.3 is 0 Å². The van der Waals surface area contributed by atoms with Gasteiger partial charge in [-0.05, 0) is 22.6 Å². The zero-order valence-corrected chi connectivity index (χ0v) is 7.72. The first-order valence-corrected chi connectivity index (χ1v) is 3.78. The third kappa shape index (κ3) is 1.58. The number of aromatic nitrogens is 1. The Balaban J connectivity index is 3.25. The molecule has 0 saturated carbocycles. The van der Waals surface area contributed by atoms with Gasteiger partial charge in [0.25, 0.3) is 0 Å². The molecule has 1 heterocycles. The first kappa shape index (κ1) is 8.63. The quantitative estimate of drug-likeness (QED) is 0.575. The third-order valence-electron chi connectivity index (χ3n) is 1.11. The van der Waals surface area contributed by atoms with Gasteiger partial charge in [-0.25, -0.2) is 9.37 Å². The van der Waals surface area contributed by atoms with Crippen molar-refractivity contribution in [1.82, 2.24) is 4.98 Å². The van der Waals surface area contributed by atoms with E-state index in [1.165, 1.54) is 7.11 Å².